The van der Waals surface area contributed by atoms with Crippen LogP contribution in [0.4, 0.5) is 0 Å². The summed E-state index contributed by atoms with van der Waals surface area (Å²) in [6, 6.07) is 57.8. The van der Waals surface area contributed by atoms with Gasteiger partial charge in [-0.3, -0.25) is 4.57 Å². The largest absolute Gasteiger partial charge is 0.308 e. The van der Waals surface area contributed by atoms with E-state index in [2.05, 4.69) is 137 Å². The van der Waals surface area contributed by atoms with Crippen LogP contribution in [0.15, 0.2) is 164 Å². The van der Waals surface area contributed by atoms with Crippen molar-refractivity contribution in [3.63, 3.8) is 0 Å². The summed E-state index contributed by atoms with van der Waals surface area (Å²) in [5, 5.41) is 4.68. The molecule has 0 amide bonds. The van der Waals surface area contributed by atoms with Crippen molar-refractivity contribution in [2.45, 2.75) is 0 Å². The molecule has 10 aromatic rings. The van der Waals surface area contributed by atoms with Crippen molar-refractivity contribution in [2.75, 3.05) is 0 Å². The van der Waals surface area contributed by atoms with Crippen molar-refractivity contribution in [1.29, 1.82) is 0 Å². The molecule has 1 aliphatic rings. The molecule has 50 heavy (non-hydrogen) atoms. The van der Waals surface area contributed by atoms with Gasteiger partial charge in [-0.2, -0.15) is 9.97 Å². The molecule has 3 aromatic heterocycles. The Labute approximate surface area is 287 Å². The predicted molar refractivity (Wildman–Crippen MR) is 204 cm³/mol. The standard InChI is InChI=1S/C45H27N5/c1-3-15-28(16-4-1)43-46-44(29-17-5-2-6-18-29)48-45(47-43)50-38-25-13-10-22-33(38)36-27-35-31-20-8-7-19-30(31)32-21-9-12-24-37(32)49-39-26-14-11-23-34(39)40(41(35)49)42(36)50/h1-27H. The van der Waals surface area contributed by atoms with E-state index in [1.54, 1.807) is 0 Å². The molecule has 0 aliphatic carbocycles. The van der Waals surface area contributed by atoms with Crippen LogP contribution >= 0.6 is 0 Å². The molecule has 0 bridgehead atoms. The molecule has 232 valence electrons. The highest BCUT2D eigenvalue weighted by molar-refractivity contribution is 6.30. The highest BCUT2D eigenvalue weighted by atomic mass is 15.2. The van der Waals surface area contributed by atoms with Crippen molar-refractivity contribution in [1.82, 2.24) is 24.1 Å². The Balaban J connectivity index is 1.36. The van der Waals surface area contributed by atoms with E-state index in [1.165, 1.54) is 49.7 Å². The van der Waals surface area contributed by atoms with Crippen molar-refractivity contribution in [3.05, 3.63) is 164 Å². The maximum absolute atomic E-state index is 5.25. The Hall–Kier alpha value is -6.85. The Kier molecular flexibility index (Phi) is 5.60. The fraction of sp³-hybridized carbons (Fsp3) is 0. The van der Waals surface area contributed by atoms with E-state index in [9.17, 15) is 0 Å². The minimum atomic E-state index is 0.588. The van der Waals surface area contributed by atoms with Gasteiger partial charge in [-0.25, -0.2) is 4.98 Å². The molecule has 0 unspecified atom stereocenters. The number of rotatable bonds is 3. The van der Waals surface area contributed by atoms with Gasteiger partial charge >= 0.3 is 0 Å². The third-order valence-electron chi connectivity index (χ3n) is 10.1. The van der Waals surface area contributed by atoms with E-state index in [4.69, 9.17) is 15.0 Å². The smallest absolute Gasteiger partial charge is 0.238 e. The first-order valence-corrected chi connectivity index (χ1v) is 16.9. The van der Waals surface area contributed by atoms with E-state index in [0.29, 0.717) is 17.6 Å². The van der Waals surface area contributed by atoms with Crippen LogP contribution in [0, 0.1) is 0 Å². The van der Waals surface area contributed by atoms with Crippen molar-refractivity contribution in [2.24, 2.45) is 0 Å². The number of nitrogens with zero attached hydrogens (tertiary/aromatic N) is 5. The molecule has 0 spiro atoms. The Morgan fingerprint density at radius 3 is 1.56 bits per heavy atom. The molecule has 5 nitrogen and oxygen atoms in total. The molecule has 5 heteroatoms. The summed E-state index contributed by atoms with van der Waals surface area (Å²) >= 11 is 0. The zero-order valence-electron chi connectivity index (χ0n) is 26.8. The van der Waals surface area contributed by atoms with Crippen molar-refractivity contribution >= 4 is 43.6 Å². The maximum atomic E-state index is 5.25. The minimum Gasteiger partial charge on any atom is -0.308 e. The molecule has 0 saturated heterocycles. The highest BCUT2D eigenvalue weighted by Crippen LogP contribution is 2.50. The molecule has 0 atom stereocenters. The summed E-state index contributed by atoms with van der Waals surface area (Å²) in [7, 11) is 0. The van der Waals surface area contributed by atoms with Crippen LogP contribution in [-0.2, 0) is 0 Å². The fourth-order valence-electron chi connectivity index (χ4n) is 8.01. The van der Waals surface area contributed by atoms with Gasteiger partial charge in [0.25, 0.3) is 0 Å². The third kappa shape index (κ3) is 3.74. The average molecular weight is 638 g/mol. The van der Waals surface area contributed by atoms with Crippen LogP contribution in [0.25, 0.3) is 100 Å². The highest BCUT2D eigenvalue weighted by Gasteiger charge is 2.29. The topological polar surface area (TPSA) is 48.5 Å². The van der Waals surface area contributed by atoms with Crippen LogP contribution in [0.2, 0.25) is 0 Å². The molecule has 11 rings (SSSR count). The number of hydrogen-bond acceptors (Lipinski definition) is 3. The number of fused-ring (bicyclic) bond motifs is 12. The molecule has 1 aliphatic heterocycles. The van der Waals surface area contributed by atoms with Crippen molar-refractivity contribution in [3.8, 4) is 56.7 Å². The summed E-state index contributed by atoms with van der Waals surface area (Å²) in [6.07, 6.45) is 0. The SMILES string of the molecule is c1ccc(-c2nc(-c3ccccc3)nc(-n3c4ccccc4c4cc5c6c(c7ccccc7n6-c6ccccc6-c6ccccc6-5)c43)n2)cc1. The van der Waals surface area contributed by atoms with Crippen molar-refractivity contribution < 1.29 is 0 Å². The van der Waals surface area contributed by atoms with Crippen LogP contribution in [0.3, 0.4) is 0 Å². The van der Waals surface area contributed by atoms with Gasteiger partial charge in [0, 0.05) is 43.8 Å². The quantitative estimate of drug-likeness (QED) is 0.194. The summed E-state index contributed by atoms with van der Waals surface area (Å²) in [6.45, 7) is 0. The summed E-state index contributed by atoms with van der Waals surface area (Å²) in [5.41, 5.74) is 12.4. The third-order valence-corrected chi connectivity index (χ3v) is 10.1. The monoisotopic (exact) mass is 637 g/mol. The van der Waals surface area contributed by atoms with Crippen LogP contribution in [-0.4, -0.2) is 24.1 Å². The number of benzene rings is 7. The lowest BCUT2D eigenvalue weighted by atomic mass is 9.92. The van der Waals surface area contributed by atoms with Gasteiger partial charge < -0.3 is 4.57 Å². The summed E-state index contributed by atoms with van der Waals surface area (Å²) < 4.78 is 4.73. The molecular weight excluding hydrogens is 611 g/mol. The van der Waals surface area contributed by atoms with E-state index in [0.717, 1.165) is 32.9 Å². The second kappa shape index (κ2) is 10.3. The van der Waals surface area contributed by atoms with E-state index >= 15 is 0 Å². The number of aromatic nitrogens is 5. The summed E-state index contributed by atoms with van der Waals surface area (Å²) in [4.78, 5) is 15.5. The Morgan fingerprint density at radius 2 is 0.880 bits per heavy atom. The Morgan fingerprint density at radius 1 is 0.360 bits per heavy atom. The average Bonchev–Trinajstić information content (AvgIpc) is 3.67. The number of para-hydroxylation sites is 3. The van der Waals surface area contributed by atoms with Gasteiger partial charge in [-0.1, -0.05) is 140 Å². The lowest BCUT2D eigenvalue weighted by molar-refractivity contribution is 0.955. The second-order valence-electron chi connectivity index (χ2n) is 12.8. The predicted octanol–water partition coefficient (Wildman–Crippen LogP) is 11.0. The minimum absolute atomic E-state index is 0.588. The van der Waals surface area contributed by atoms with Crippen LogP contribution in [0.1, 0.15) is 0 Å². The van der Waals surface area contributed by atoms with Gasteiger partial charge in [0.05, 0.1) is 27.8 Å². The normalized spacial score (nSPS) is 12.0. The lowest BCUT2D eigenvalue weighted by Crippen LogP contribution is -2.06. The molecule has 0 saturated carbocycles. The molecular formula is C45H27N5. The first-order valence-electron chi connectivity index (χ1n) is 16.9. The maximum Gasteiger partial charge on any atom is 0.238 e. The zero-order valence-corrected chi connectivity index (χ0v) is 26.8. The summed E-state index contributed by atoms with van der Waals surface area (Å²) in [5.74, 6) is 1.86. The molecule has 4 heterocycles. The van der Waals surface area contributed by atoms with Gasteiger partial charge in [-0.15, -0.1) is 0 Å². The van der Waals surface area contributed by atoms with Crippen LogP contribution < -0.4 is 0 Å². The van der Waals surface area contributed by atoms with E-state index in [-0.39, 0.29) is 0 Å². The first-order chi connectivity index (χ1) is 24.8. The van der Waals surface area contributed by atoms with E-state index < -0.39 is 0 Å². The molecule has 0 N–H and O–H groups in total. The number of hydrogen-bond donors (Lipinski definition) is 0. The second-order valence-corrected chi connectivity index (χ2v) is 12.8. The molecule has 0 fully saturated rings. The first kappa shape index (κ1) is 27.1. The van der Waals surface area contributed by atoms with Gasteiger partial charge in [0.1, 0.15) is 0 Å². The van der Waals surface area contributed by atoms with Gasteiger partial charge in [0.2, 0.25) is 5.95 Å². The lowest BCUT2D eigenvalue weighted by Gasteiger charge is -2.13. The Bertz CT molecular complexity index is 2920. The van der Waals surface area contributed by atoms with Gasteiger partial charge in [-0.05, 0) is 35.4 Å². The molecule has 0 radical (unpaired) electrons. The zero-order chi connectivity index (χ0) is 32.8. The fourth-order valence-corrected chi connectivity index (χ4v) is 8.01. The van der Waals surface area contributed by atoms with Crippen LogP contribution in [0.5, 0.6) is 0 Å². The van der Waals surface area contributed by atoms with Gasteiger partial charge in [0.15, 0.2) is 11.6 Å². The van der Waals surface area contributed by atoms with E-state index in [1.807, 2.05) is 36.4 Å². The molecule has 7 aromatic carbocycles.